The average Bonchev–Trinajstić information content (AvgIpc) is 3.06. The van der Waals surface area contributed by atoms with Crippen molar-refractivity contribution in [3.8, 4) is 0 Å². The minimum atomic E-state index is 0. The van der Waals surface area contributed by atoms with Crippen molar-refractivity contribution in [3.05, 3.63) is 0 Å². The van der Waals surface area contributed by atoms with Gasteiger partial charge in [0.2, 0.25) is 5.91 Å². The lowest BCUT2D eigenvalue weighted by atomic mass is 10.1. The molecule has 3 aliphatic rings. The predicted octanol–water partition coefficient (Wildman–Crippen LogP) is 0.932. The van der Waals surface area contributed by atoms with Crippen molar-refractivity contribution in [2.75, 3.05) is 13.1 Å². The zero-order chi connectivity index (χ0) is 9.54. The molecule has 2 saturated carbocycles. The summed E-state index contributed by atoms with van der Waals surface area (Å²) in [5, 5.41) is 6.42. The van der Waals surface area contributed by atoms with Crippen LogP contribution in [0.3, 0.4) is 0 Å². The minimum Gasteiger partial charge on any atom is -0.353 e. The fourth-order valence-corrected chi connectivity index (χ4v) is 2.60. The molecule has 1 saturated heterocycles. The Morgan fingerprint density at radius 3 is 2.67 bits per heavy atom. The van der Waals surface area contributed by atoms with Crippen LogP contribution in [0.25, 0.3) is 0 Å². The molecule has 0 radical (unpaired) electrons. The summed E-state index contributed by atoms with van der Waals surface area (Å²) in [5.74, 6) is 2.34. The highest BCUT2D eigenvalue weighted by Gasteiger charge is 2.48. The Bertz CT molecular complexity index is 249. The van der Waals surface area contributed by atoms with Gasteiger partial charge in [0.1, 0.15) is 0 Å². The van der Waals surface area contributed by atoms with Gasteiger partial charge >= 0.3 is 0 Å². The summed E-state index contributed by atoms with van der Waals surface area (Å²) in [5.41, 5.74) is 0. The van der Waals surface area contributed by atoms with E-state index in [9.17, 15) is 4.79 Å². The predicted molar refractivity (Wildman–Crippen MR) is 61.0 cm³/mol. The molecule has 4 heteroatoms. The van der Waals surface area contributed by atoms with Crippen LogP contribution in [0.5, 0.6) is 0 Å². The van der Waals surface area contributed by atoms with Crippen LogP contribution in [0.15, 0.2) is 0 Å². The van der Waals surface area contributed by atoms with Crippen molar-refractivity contribution >= 4 is 18.3 Å². The quantitative estimate of drug-likeness (QED) is 0.758. The molecule has 3 nitrogen and oxygen atoms in total. The first-order valence-corrected chi connectivity index (χ1v) is 5.85. The molecule has 15 heavy (non-hydrogen) atoms. The Morgan fingerprint density at radius 1 is 1.27 bits per heavy atom. The zero-order valence-electron chi connectivity index (χ0n) is 8.87. The lowest BCUT2D eigenvalue weighted by Crippen LogP contribution is -2.34. The van der Waals surface area contributed by atoms with Crippen LogP contribution in [0, 0.1) is 17.8 Å². The van der Waals surface area contributed by atoms with E-state index in [0.29, 0.717) is 11.9 Å². The van der Waals surface area contributed by atoms with Crippen molar-refractivity contribution in [2.45, 2.75) is 31.7 Å². The third-order valence-corrected chi connectivity index (χ3v) is 3.83. The summed E-state index contributed by atoms with van der Waals surface area (Å²) < 4.78 is 0. The maximum absolute atomic E-state index is 11.7. The number of hydrogen-bond donors (Lipinski definition) is 2. The van der Waals surface area contributed by atoms with E-state index in [1.165, 1.54) is 19.3 Å². The molecule has 1 amide bonds. The van der Waals surface area contributed by atoms with Crippen molar-refractivity contribution in [2.24, 2.45) is 17.8 Å². The molecule has 2 aliphatic carbocycles. The Labute approximate surface area is 96.8 Å². The van der Waals surface area contributed by atoms with Gasteiger partial charge in [-0.2, -0.15) is 0 Å². The largest absolute Gasteiger partial charge is 0.353 e. The van der Waals surface area contributed by atoms with Crippen LogP contribution in [0.1, 0.15) is 25.7 Å². The van der Waals surface area contributed by atoms with Gasteiger partial charge in [-0.05, 0) is 44.1 Å². The highest BCUT2D eigenvalue weighted by Crippen LogP contribution is 2.50. The third kappa shape index (κ3) is 2.45. The van der Waals surface area contributed by atoms with Crippen molar-refractivity contribution in [3.63, 3.8) is 0 Å². The summed E-state index contributed by atoms with van der Waals surface area (Å²) in [4.78, 5) is 11.7. The summed E-state index contributed by atoms with van der Waals surface area (Å²) in [6.07, 6.45) is 5.08. The van der Waals surface area contributed by atoms with Crippen molar-refractivity contribution in [1.29, 1.82) is 0 Å². The minimum absolute atomic E-state index is 0. The Hall–Kier alpha value is -0.280. The first kappa shape index (κ1) is 11.2. The molecule has 1 heterocycles. The SMILES string of the molecule is Cl.O=C(NC1CC1C1CC1)[C@@H]1CCNC1. The number of carbonyl (C=O) groups excluding carboxylic acids is 1. The van der Waals surface area contributed by atoms with Crippen LogP contribution in [0.2, 0.25) is 0 Å². The molecule has 0 aromatic carbocycles. The van der Waals surface area contributed by atoms with Crippen molar-refractivity contribution in [1.82, 2.24) is 10.6 Å². The van der Waals surface area contributed by atoms with Gasteiger partial charge in [-0.1, -0.05) is 0 Å². The zero-order valence-corrected chi connectivity index (χ0v) is 9.69. The number of hydrogen-bond acceptors (Lipinski definition) is 2. The number of rotatable bonds is 3. The number of halogens is 1. The molecule has 0 aromatic rings. The van der Waals surface area contributed by atoms with Gasteiger partial charge in [-0.15, -0.1) is 12.4 Å². The van der Waals surface area contributed by atoms with E-state index in [0.717, 1.165) is 31.3 Å². The Balaban J connectivity index is 0.000000853. The smallest absolute Gasteiger partial charge is 0.224 e. The molecule has 3 fully saturated rings. The maximum Gasteiger partial charge on any atom is 0.224 e. The molecule has 3 atom stereocenters. The third-order valence-electron chi connectivity index (χ3n) is 3.83. The molecule has 1 aliphatic heterocycles. The molecular weight excluding hydrogens is 212 g/mol. The number of nitrogens with one attached hydrogen (secondary N) is 2. The van der Waals surface area contributed by atoms with Crippen LogP contribution in [-0.4, -0.2) is 25.0 Å². The van der Waals surface area contributed by atoms with Gasteiger partial charge in [-0.3, -0.25) is 4.79 Å². The first-order chi connectivity index (χ1) is 6.84. The molecule has 0 bridgehead atoms. The molecular formula is C11H19ClN2O. The molecule has 0 aromatic heterocycles. The van der Waals surface area contributed by atoms with E-state index in [1.807, 2.05) is 0 Å². The molecule has 0 spiro atoms. The summed E-state index contributed by atoms with van der Waals surface area (Å²) in [6.45, 7) is 1.89. The van der Waals surface area contributed by atoms with E-state index in [4.69, 9.17) is 0 Å². The summed E-state index contributed by atoms with van der Waals surface area (Å²) in [6, 6.07) is 0.538. The first-order valence-electron chi connectivity index (χ1n) is 5.85. The van der Waals surface area contributed by atoms with Gasteiger partial charge in [0, 0.05) is 12.6 Å². The number of carbonyl (C=O) groups is 1. The second-order valence-electron chi connectivity index (χ2n) is 5.04. The van der Waals surface area contributed by atoms with E-state index < -0.39 is 0 Å². The molecule has 2 unspecified atom stereocenters. The highest BCUT2D eigenvalue weighted by atomic mass is 35.5. The molecule has 2 N–H and O–H groups in total. The topological polar surface area (TPSA) is 41.1 Å². The number of amides is 1. The summed E-state index contributed by atoms with van der Waals surface area (Å²) in [7, 11) is 0. The fraction of sp³-hybridized carbons (Fsp3) is 0.909. The van der Waals surface area contributed by atoms with Crippen LogP contribution >= 0.6 is 12.4 Å². The second-order valence-corrected chi connectivity index (χ2v) is 5.04. The van der Waals surface area contributed by atoms with Crippen LogP contribution in [-0.2, 0) is 4.79 Å². The van der Waals surface area contributed by atoms with Crippen LogP contribution in [0.4, 0.5) is 0 Å². The Kier molecular flexibility index (Phi) is 3.21. The molecule has 3 rings (SSSR count). The van der Waals surface area contributed by atoms with Crippen LogP contribution < -0.4 is 10.6 Å². The summed E-state index contributed by atoms with van der Waals surface area (Å²) >= 11 is 0. The van der Waals surface area contributed by atoms with Gasteiger partial charge in [0.15, 0.2) is 0 Å². The normalized spacial score (nSPS) is 38.3. The van der Waals surface area contributed by atoms with Gasteiger partial charge in [0.05, 0.1) is 5.92 Å². The maximum atomic E-state index is 11.7. The fourth-order valence-electron chi connectivity index (χ4n) is 2.60. The standard InChI is InChI=1S/C11H18N2O.ClH/c14-11(8-3-4-12-6-8)13-10-5-9(10)7-1-2-7;/h7-10,12H,1-6H2,(H,13,14);1H/t8-,9?,10?;/m1./s1. The van der Waals surface area contributed by atoms with E-state index >= 15 is 0 Å². The monoisotopic (exact) mass is 230 g/mol. The Morgan fingerprint density at radius 2 is 2.07 bits per heavy atom. The van der Waals surface area contributed by atoms with E-state index in [-0.39, 0.29) is 18.3 Å². The van der Waals surface area contributed by atoms with Gasteiger partial charge < -0.3 is 10.6 Å². The highest BCUT2D eigenvalue weighted by molar-refractivity contribution is 5.85. The van der Waals surface area contributed by atoms with E-state index in [2.05, 4.69) is 10.6 Å². The van der Waals surface area contributed by atoms with Gasteiger partial charge in [0.25, 0.3) is 0 Å². The second kappa shape index (κ2) is 4.30. The molecule has 86 valence electrons. The lowest BCUT2D eigenvalue weighted by Gasteiger charge is -2.09. The van der Waals surface area contributed by atoms with Gasteiger partial charge in [-0.25, -0.2) is 0 Å². The van der Waals surface area contributed by atoms with E-state index in [1.54, 1.807) is 0 Å². The lowest BCUT2D eigenvalue weighted by molar-refractivity contribution is -0.124. The van der Waals surface area contributed by atoms with Crippen molar-refractivity contribution < 1.29 is 4.79 Å². The average molecular weight is 231 g/mol.